The molecule has 0 aromatic carbocycles. The molecule has 2 aliphatic heterocycles. The van der Waals surface area contributed by atoms with Crippen LogP contribution >= 0.6 is 0 Å². The van der Waals surface area contributed by atoms with Gasteiger partial charge < -0.3 is 15.0 Å². The SMILES string of the molecule is CCOC(=O)N1CCC(NS(=O)(=O)C2CCCNC2)CC1. The second-order valence-corrected chi connectivity index (χ2v) is 7.58. The smallest absolute Gasteiger partial charge is 0.409 e. The Bertz CT molecular complexity index is 440. The third-order valence-electron chi connectivity index (χ3n) is 4.04. The van der Waals surface area contributed by atoms with E-state index in [2.05, 4.69) is 10.0 Å². The number of amides is 1. The molecule has 0 bridgehead atoms. The maximum absolute atomic E-state index is 12.3. The molecule has 2 heterocycles. The Morgan fingerprint density at radius 3 is 2.62 bits per heavy atom. The minimum Gasteiger partial charge on any atom is -0.450 e. The van der Waals surface area contributed by atoms with Crippen molar-refractivity contribution < 1.29 is 17.9 Å². The number of ether oxygens (including phenoxy) is 1. The van der Waals surface area contributed by atoms with Crippen molar-refractivity contribution in [3.8, 4) is 0 Å². The maximum atomic E-state index is 12.3. The summed E-state index contributed by atoms with van der Waals surface area (Å²) in [7, 11) is -3.28. The van der Waals surface area contributed by atoms with Crippen LogP contribution in [-0.2, 0) is 14.8 Å². The molecule has 2 N–H and O–H groups in total. The Kier molecular flexibility index (Phi) is 5.83. The fourth-order valence-corrected chi connectivity index (χ4v) is 4.51. The summed E-state index contributed by atoms with van der Waals surface area (Å²) in [6.07, 6.45) is 2.57. The first kappa shape index (κ1) is 16.5. The fourth-order valence-electron chi connectivity index (χ4n) is 2.81. The molecule has 1 amide bonds. The topological polar surface area (TPSA) is 87.7 Å². The van der Waals surface area contributed by atoms with Crippen LogP contribution in [0, 0.1) is 0 Å². The van der Waals surface area contributed by atoms with E-state index in [1.54, 1.807) is 11.8 Å². The summed E-state index contributed by atoms with van der Waals surface area (Å²) in [5.41, 5.74) is 0. The number of sulfonamides is 1. The molecular formula is C13H25N3O4S. The molecule has 8 heteroatoms. The van der Waals surface area contributed by atoms with Gasteiger partial charge in [0.2, 0.25) is 10.0 Å². The second kappa shape index (κ2) is 7.42. The van der Waals surface area contributed by atoms with Crippen molar-refractivity contribution in [1.82, 2.24) is 14.9 Å². The number of piperidine rings is 2. The Morgan fingerprint density at radius 1 is 1.33 bits per heavy atom. The highest BCUT2D eigenvalue weighted by atomic mass is 32.2. The first-order chi connectivity index (χ1) is 10.0. The van der Waals surface area contributed by atoms with E-state index in [-0.39, 0.29) is 17.4 Å². The molecule has 0 aromatic rings. The molecular weight excluding hydrogens is 294 g/mol. The lowest BCUT2D eigenvalue weighted by Gasteiger charge is -2.33. The van der Waals surface area contributed by atoms with Crippen LogP contribution in [0.5, 0.6) is 0 Å². The van der Waals surface area contributed by atoms with Crippen molar-refractivity contribution in [2.75, 3.05) is 32.8 Å². The minimum absolute atomic E-state index is 0.0809. The van der Waals surface area contributed by atoms with Crippen molar-refractivity contribution in [1.29, 1.82) is 0 Å². The summed E-state index contributed by atoms with van der Waals surface area (Å²) >= 11 is 0. The van der Waals surface area contributed by atoms with Crippen LogP contribution in [0.1, 0.15) is 32.6 Å². The highest BCUT2D eigenvalue weighted by Gasteiger charge is 2.31. The normalized spacial score (nSPS) is 24.8. The molecule has 122 valence electrons. The summed E-state index contributed by atoms with van der Waals surface area (Å²) in [5, 5.41) is 2.79. The quantitative estimate of drug-likeness (QED) is 0.777. The van der Waals surface area contributed by atoms with Crippen LogP contribution in [0.4, 0.5) is 4.79 Å². The van der Waals surface area contributed by atoms with E-state index >= 15 is 0 Å². The van der Waals surface area contributed by atoms with Crippen LogP contribution in [-0.4, -0.2) is 63.5 Å². The van der Waals surface area contributed by atoms with E-state index in [9.17, 15) is 13.2 Å². The highest BCUT2D eigenvalue weighted by molar-refractivity contribution is 7.90. The number of likely N-dealkylation sites (tertiary alicyclic amines) is 1. The molecule has 1 atom stereocenters. The van der Waals surface area contributed by atoms with E-state index in [1.165, 1.54) is 0 Å². The predicted molar refractivity (Wildman–Crippen MR) is 79.6 cm³/mol. The second-order valence-electron chi connectivity index (χ2n) is 5.59. The zero-order valence-corrected chi connectivity index (χ0v) is 13.3. The number of rotatable bonds is 4. The van der Waals surface area contributed by atoms with Crippen LogP contribution < -0.4 is 10.0 Å². The molecule has 2 rings (SSSR count). The van der Waals surface area contributed by atoms with E-state index in [4.69, 9.17) is 4.74 Å². The number of nitrogens with zero attached hydrogens (tertiary/aromatic N) is 1. The molecule has 0 aromatic heterocycles. The Balaban J connectivity index is 1.81. The average molecular weight is 319 g/mol. The van der Waals surface area contributed by atoms with Gasteiger partial charge in [0.25, 0.3) is 0 Å². The summed E-state index contributed by atoms with van der Waals surface area (Å²) in [5.74, 6) is 0. The molecule has 0 radical (unpaired) electrons. The molecule has 1 unspecified atom stereocenters. The van der Waals surface area contributed by atoms with Gasteiger partial charge in [0.1, 0.15) is 0 Å². The molecule has 2 fully saturated rings. The maximum Gasteiger partial charge on any atom is 0.409 e. The van der Waals surface area contributed by atoms with Gasteiger partial charge >= 0.3 is 6.09 Å². The molecule has 0 spiro atoms. The third kappa shape index (κ3) is 4.55. The van der Waals surface area contributed by atoms with E-state index in [1.807, 2.05) is 0 Å². The van der Waals surface area contributed by atoms with E-state index in [0.717, 1.165) is 13.0 Å². The lowest BCUT2D eigenvalue weighted by atomic mass is 10.1. The first-order valence-corrected chi connectivity index (χ1v) is 9.21. The van der Waals surface area contributed by atoms with Gasteiger partial charge in [-0.25, -0.2) is 17.9 Å². The van der Waals surface area contributed by atoms with Crippen molar-refractivity contribution in [3.05, 3.63) is 0 Å². The number of carbonyl (C=O) groups is 1. The average Bonchev–Trinajstić information content (AvgIpc) is 2.49. The Hall–Kier alpha value is -0.860. The minimum atomic E-state index is -3.28. The largest absolute Gasteiger partial charge is 0.450 e. The molecule has 2 aliphatic rings. The number of hydrogen-bond donors (Lipinski definition) is 2. The first-order valence-electron chi connectivity index (χ1n) is 7.66. The molecule has 0 aliphatic carbocycles. The molecule has 21 heavy (non-hydrogen) atoms. The van der Waals surface area contributed by atoms with Crippen molar-refractivity contribution in [2.45, 2.75) is 43.9 Å². The summed E-state index contributed by atoms with van der Waals surface area (Å²) in [6, 6.07) is -0.0809. The lowest BCUT2D eigenvalue weighted by molar-refractivity contribution is 0.0965. The zero-order chi connectivity index (χ0) is 15.3. The van der Waals surface area contributed by atoms with Crippen molar-refractivity contribution in [2.24, 2.45) is 0 Å². The van der Waals surface area contributed by atoms with Gasteiger partial charge in [0.15, 0.2) is 0 Å². The van der Waals surface area contributed by atoms with E-state index < -0.39 is 10.0 Å². The summed E-state index contributed by atoms with van der Waals surface area (Å²) < 4.78 is 32.4. The number of hydrogen-bond acceptors (Lipinski definition) is 5. The standard InChI is InChI=1S/C13H25N3O4S/c1-2-20-13(17)16-8-5-11(6-9-16)15-21(18,19)12-4-3-7-14-10-12/h11-12,14-15H,2-10H2,1H3. The van der Waals surface area contributed by atoms with Crippen molar-refractivity contribution in [3.63, 3.8) is 0 Å². The van der Waals surface area contributed by atoms with Crippen LogP contribution in [0.25, 0.3) is 0 Å². The number of carbonyl (C=O) groups excluding carboxylic acids is 1. The Morgan fingerprint density at radius 2 is 2.05 bits per heavy atom. The molecule has 0 saturated carbocycles. The molecule has 2 saturated heterocycles. The summed E-state index contributed by atoms with van der Waals surface area (Å²) in [6.45, 7) is 4.63. The van der Waals surface area contributed by atoms with E-state index in [0.29, 0.717) is 45.5 Å². The van der Waals surface area contributed by atoms with Gasteiger partial charge in [-0.1, -0.05) is 0 Å². The zero-order valence-electron chi connectivity index (χ0n) is 12.5. The van der Waals surface area contributed by atoms with Gasteiger partial charge in [-0.15, -0.1) is 0 Å². The van der Waals surface area contributed by atoms with Crippen LogP contribution in [0.15, 0.2) is 0 Å². The van der Waals surface area contributed by atoms with Gasteiger partial charge in [0, 0.05) is 25.7 Å². The van der Waals surface area contributed by atoms with Crippen LogP contribution in [0.3, 0.4) is 0 Å². The van der Waals surface area contributed by atoms with Gasteiger partial charge in [0.05, 0.1) is 11.9 Å². The Labute approximate surface area is 126 Å². The van der Waals surface area contributed by atoms with Gasteiger partial charge in [-0.3, -0.25) is 0 Å². The fraction of sp³-hybridized carbons (Fsp3) is 0.923. The lowest BCUT2D eigenvalue weighted by Crippen LogP contribution is -2.51. The van der Waals surface area contributed by atoms with Crippen molar-refractivity contribution >= 4 is 16.1 Å². The number of nitrogens with one attached hydrogen (secondary N) is 2. The molecule has 7 nitrogen and oxygen atoms in total. The monoisotopic (exact) mass is 319 g/mol. The third-order valence-corrected chi connectivity index (χ3v) is 5.98. The summed E-state index contributed by atoms with van der Waals surface area (Å²) in [4.78, 5) is 13.2. The highest BCUT2D eigenvalue weighted by Crippen LogP contribution is 2.16. The van der Waals surface area contributed by atoms with Crippen LogP contribution in [0.2, 0.25) is 0 Å². The van der Waals surface area contributed by atoms with Gasteiger partial charge in [-0.05, 0) is 39.2 Å². The van der Waals surface area contributed by atoms with Gasteiger partial charge in [-0.2, -0.15) is 0 Å². The predicted octanol–water partition coefficient (Wildman–Crippen LogP) is 0.279.